The quantitative estimate of drug-likeness (QED) is 0.537. The highest BCUT2D eigenvalue weighted by atomic mass is 35.5. The van der Waals surface area contributed by atoms with Gasteiger partial charge in [0.15, 0.2) is 0 Å². The second-order valence-electron chi connectivity index (χ2n) is 6.94. The molecule has 2 heterocycles. The first kappa shape index (κ1) is 20.0. The minimum absolute atomic E-state index is 0.00597. The van der Waals surface area contributed by atoms with Gasteiger partial charge < -0.3 is 15.7 Å². The second kappa shape index (κ2) is 8.99. The highest BCUT2D eigenvalue weighted by Gasteiger charge is 2.15. The van der Waals surface area contributed by atoms with Gasteiger partial charge in [-0.3, -0.25) is 4.98 Å². The summed E-state index contributed by atoms with van der Waals surface area (Å²) in [4.78, 5) is 13.5. The Morgan fingerprint density at radius 3 is 2.54 bits per heavy atom. The monoisotopic (exact) mass is 397 g/mol. The Morgan fingerprint density at radius 1 is 1.07 bits per heavy atom. The molecule has 0 amide bonds. The number of halogens is 1. The summed E-state index contributed by atoms with van der Waals surface area (Å²) in [6, 6.07) is 13.1. The molecule has 0 spiro atoms. The summed E-state index contributed by atoms with van der Waals surface area (Å²) >= 11 is 6.12. The van der Waals surface area contributed by atoms with Gasteiger partial charge in [0.25, 0.3) is 0 Å². The van der Waals surface area contributed by atoms with Crippen LogP contribution in [0.1, 0.15) is 19.4 Å². The molecule has 1 aromatic carbocycles. The zero-order valence-corrected chi connectivity index (χ0v) is 16.9. The van der Waals surface area contributed by atoms with E-state index in [9.17, 15) is 5.11 Å². The average Bonchev–Trinajstić information content (AvgIpc) is 2.69. The fourth-order valence-corrected chi connectivity index (χ4v) is 2.80. The molecule has 3 N–H and O–H groups in total. The van der Waals surface area contributed by atoms with Crippen LogP contribution in [-0.2, 0) is 0 Å². The van der Waals surface area contributed by atoms with E-state index in [1.165, 1.54) is 0 Å². The SMILES string of the molecule is Cc1cc(Nc2cc(-c3ccccn3)nc(N[C@@H](CO)C(C)C)n2)ccc1Cl. The van der Waals surface area contributed by atoms with Crippen molar-refractivity contribution in [2.45, 2.75) is 26.8 Å². The van der Waals surface area contributed by atoms with Gasteiger partial charge in [0.2, 0.25) is 5.95 Å². The smallest absolute Gasteiger partial charge is 0.225 e. The van der Waals surface area contributed by atoms with Crippen molar-refractivity contribution in [1.82, 2.24) is 15.0 Å². The van der Waals surface area contributed by atoms with Crippen LogP contribution in [0.3, 0.4) is 0 Å². The van der Waals surface area contributed by atoms with Gasteiger partial charge in [0.1, 0.15) is 5.82 Å². The van der Waals surface area contributed by atoms with Gasteiger partial charge in [-0.15, -0.1) is 0 Å². The van der Waals surface area contributed by atoms with Crippen LogP contribution in [0.2, 0.25) is 5.02 Å². The summed E-state index contributed by atoms with van der Waals surface area (Å²) in [7, 11) is 0. The highest BCUT2D eigenvalue weighted by molar-refractivity contribution is 6.31. The number of hydrogen-bond donors (Lipinski definition) is 3. The van der Waals surface area contributed by atoms with Crippen molar-refractivity contribution < 1.29 is 5.11 Å². The van der Waals surface area contributed by atoms with E-state index in [0.717, 1.165) is 16.9 Å². The molecule has 0 aliphatic carbocycles. The van der Waals surface area contributed by atoms with Gasteiger partial charge >= 0.3 is 0 Å². The van der Waals surface area contributed by atoms with Crippen LogP contribution in [0, 0.1) is 12.8 Å². The van der Waals surface area contributed by atoms with Crippen molar-refractivity contribution in [1.29, 1.82) is 0 Å². The summed E-state index contributed by atoms with van der Waals surface area (Å²) in [5.74, 6) is 1.28. The normalized spacial score (nSPS) is 12.1. The number of aryl methyl sites for hydroxylation is 1. The molecular weight excluding hydrogens is 374 g/mol. The molecule has 1 atom stereocenters. The third-order valence-corrected chi connectivity index (χ3v) is 4.82. The Morgan fingerprint density at radius 2 is 1.89 bits per heavy atom. The lowest BCUT2D eigenvalue weighted by Crippen LogP contribution is -2.30. The van der Waals surface area contributed by atoms with Crippen molar-refractivity contribution in [2.24, 2.45) is 5.92 Å². The summed E-state index contributed by atoms with van der Waals surface area (Å²) in [6.07, 6.45) is 1.73. The molecule has 28 heavy (non-hydrogen) atoms. The Kier molecular flexibility index (Phi) is 6.44. The predicted molar refractivity (Wildman–Crippen MR) is 114 cm³/mol. The molecule has 2 aromatic heterocycles. The average molecular weight is 398 g/mol. The molecule has 0 fully saturated rings. The molecular formula is C21H24ClN5O. The molecule has 7 heteroatoms. The summed E-state index contributed by atoms with van der Waals surface area (Å²) in [5.41, 5.74) is 3.28. The fraction of sp³-hybridized carbons (Fsp3) is 0.286. The summed E-state index contributed by atoms with van der Waals surface area (Å²) in [6.45, 7) is 6.01. The zero-order valence-electron chi connectivity index (χ0n) is 16.1. The molecule has 6 nitrogen and oxygen atoms in total. The van der Waals surface area contributed by atoms with Gasteiger partial charge in [0, 0.05) is 23.0 Å². The van der Waals surface area contributed by atoms with Gasteiger partial charge in [-0.2, -0.15) is 4.98 Å². The Hall–Kier alpha value is -2.70. The molecule has 0 aliphatic rings. The molecule has 0 radical (unpaired) electrons. The number of rotatable bonds is 7. The second-order valence-corrected chi connectivity index (χ2v) is 7.35. The lowest BCUT2D eigenvalue weighted by atomic mass is 10.1. The van der Waals surface area contributed by atoms with E-state index in [-0.39, 0.29) is 18.6 Å². The first-order valence-corrected chi connectivity index (χ1v) is 9.55. The van der Waals surface area contributed by atoms with Gasteiger partial charge in [0.05, 0.1) is 24.0 Å². The molecule has 0 saturated carbocycles. The maximum Gasteiger partial charge on any atom is 0.225 e. The maximum absolute atomic E-state index is 9.65. The molecule has 146 valence electrons. The molecule has 3 rings (SSSR count). The van der Waals surface area contributed by atoms with Crippen LogP contribution < -0.4 is 10.6 Å². The number of anilines is 3. The number of hydrogen-bond acceptors (Lipinski definition) is 6. The number of nitrogens with one attached hydrogen (secondary N) is 2. The third-order valence-electron chi connectivity index (χ3n) is 4.40. The number of nitrogens with zero attached hydrogens (tertiary/aromatic N) is 3. The fourth-order valence-electron chi connectivity index (χ4n) is 2.68. The van der Waals surface area contributed by atoms with Crippen molar-refractivity contribution in [3.63, 3.8) is 0 Å². The van der Waals surface area contributed by atoms with Crippen LogP contribution in [0.25, 0.3) is 11.4 Å². The third kappa shape index (κ3) is 4.97. The Labute approximate surface area is 170 Å². The number of aromatic nitrogens is 3. The standard InChI is InChI=1S/C21H24ClN5O/c1-13(2)19(12-28)26-21-25-18(17-6-4-5-9-23-17)11-20(27-21)24-15-7-8-16(22)14(3)10-15/h4-11,13,19,28H,12H2,1-3H3,(H2,24,25,26,27)/t19-/m0/s1. The van der Waals surface area contributed by atoms with Crippen molar-refractivity contribution in [3.8, 4) is 11.4 Å². The minimum atomic E-state index is -0.149. The minimum Gasteiger partial charge on any atom is -0.394 e. The van der Waals surface area contributed by atoms with Gasteiger partial charge in [-0.05, 0) is 48.7 Å². The Balaban J connectivity index is 1.97. The Bertz CT molecular complexity index is 933. The molecule has 0 aliphatic heterocycles. The van der Waals surface area contributed by atoms with Crippen molar-refractivity contribution >= 4 is 29.1 Å². The van der Waals surface area contributed by atoms with E-state index >= 15 is 0 Å². The molecule has 3 aromatic rings. The van der Waals surface area contributed by atoms with Crippen molar-refractivity contribution in [2.75, 3.05) is 17.2 Å². The highest BCUT2D eigenvalue weighted by Crippen LogP contribution is 2.25. The number of benzene rings is 1. The predicted octanol–water partition coefficient (Wildman–Crippen LogP) is 4.67. The van der Waals surface area contributed by atoms with Crippen LogP contribution in [0.15, 0.2) is 48.7 Å². The lowest BCUT2D eigenvalue weighted by molar-refractivity contribution is 0.248. The molecule has 0 bridgehead atoms. The van der Waals surface area contributed by atoms with E-state index < -0.39 is 0 Å². The van der Waals surface area contributed by atoms with E-state index in [0.29, 0.717) is 22.5 Å². The van der Waals surface area contributed by atoms with Crippen molar-refractivity contribution in [3.05, 3.63) is 59.2 Å². The van der Waals surface area contributed by atoms with Crippen LogP contribution in [0.4, 0.5) is 17.5 Å². The first-order valence-electron chi connectivity index (χ1n) is 9.17. The van der Waals surface area contributed by atoms with Gasteiger partial charge in [-0.1, -0.05) is 31.5 Å². The number of aliphatic hydroxyl groups excluding tert-OH is 1. The summed E-state index contributed by atoms with van der Waals surface area (Å²) < 4.78 is 0. The molecule has 0 saturated heterocycles. The maximum atomic E-state index is 9.65. The topological polar surface area (TPSA) is 83.0 Å². The van der Waals surface area contributed by atoms with Crippen LogP contribution >= 0.6 is 11.6 Å². The first-order chi connectivity index (χ1) is 13.5. The van der Waals surface area contributed by atoms with E-state index in [4.69, 9.17) is 11.6 Å². The van der Waals surface area contributed by atoms with E-state index in [2.05, 4.69) is 25.6 Å². The van der Waals surface area contributed by atoms with E-state index in [1.807, 2.05) is 63.2 Å². The zero-order chi connectivity index (χ0) is 20.1. The van der Waals surface area contributed by atoms with E-state index in [1.54, 1.807) is 6.20 Å². The van der Waals surface area contributed by atoms with Crippen LogP contribution in [-0.4, -0.2) is 32.7 Å². The number of aliphatic hydroxyl groups is 1. The number of pyridine rings is 1. The largest absolute Gasteiger partial charge is 0.394 e. The van der Waals surface area contributed by atoms with Crippen LogP contribution in [0.5, 0.6) is 0 Å². The summed E-state index contributed by atoms with van der Waals surface area (Å²) in [5, 5.41) is 16.9. The lowest BCUT2D eigenvalue weighted by Gasteiger charge is -2.20. The molecule has 0 unspecified atom stereocenters. The van der Waals surface area contributed by atoms with Gasteiger partial charge in [-0.25, -0.2) is 4.98 Å².